The number of hydrogen-bond donors (Lipinski definition) is 2. The summed E-state index contributed by atoms with van der Waals surface area (Å²) in [6.45, 7) is 4.81. The lowest BCUT2D eigenvalue weighted by molar-refractivity contribution is 0.548. The minimum Gasteiger partial charge on any atom is -0.219 e. The van der Waals surface area contributed by atoms with Gasteiger partial charge in [0.2, 0.25) is 29.9 Å². The average Bonchev–Trinajstić information content (AvgIpc) is 3.06. The SMILES string of the molecule is CCCCCCCCCCCCNS(=O)(=O)c1cc(S(=O)(=O)c2ccc(Cl)c(S(=O)(=O)NCCCCCCCCCCCC)c2)ccc1Cl. The second-order valence-corrected chi connectivity index (χ2v) is 19.1. The van der Waals surface area contributed by atoms with Gasteiger partial charge in [-0.05, 0) is 49.2 Å². The molecule has 0 saturated heterocycles. The van der Waals surface area contributed by atoms with Gasteiger partial charge in [-0.3, -0.25) is 0 Å². The molecule has 0 amide bonds. The van der Waals surface area contributed by atoms with Crippen molar-refractivity contribution in [1.29, 1.82) is 0 Å². The quantitative estimate of drug-likeness (QED) is 0.0828. The molecule has 0 aliphatic heterocycles. The monoisotopic (exact) mass is 780 g/mol. The van der Waals surface area contributed by atoms with E-state index in [0.29, 0.717) is 12.8 Å². The molecule has 0 fully saturated rings. The van der Waals surface area contributed by atoms with Gasteiger partial charge >= 0.3 is 0 Å². The van der Waals surface area contributed by atoms with Crippen LogP contribution in [0.1, 0.15) is 142 Å². The summed E-state index contributed by atoms with van der Waals surface area (Å²) < 4.78 is 84.7. The molecule has 0 heterocycles. The third-order valence-electron chi connectivity index (χ3n) is 8.65. The predicted octanol–water partition coefficient (Wildman–Crippen LogP) is 10.2. The molecule has 0 bridgehead atoms. The number of unbranched alkanes of at least 4 members (excludes halogenated alkanes) is 18. The van der Waals surface area contributed by atoms with E-state index in [9.17, 15) is 25.3 Å². The molecule has 8 nitrogen and oxygen atoms in total. The van der Waals surface area contributed by atoms with Crippen molar-refractivity contribution in [1.82, 2.24) is 9.44 Å². The van der Waals surface area contributed by atoms with Crippen LogP contribution in [0.2, 0.25) is 10.0 Å². The van der Waals surface area contributed by atoms with Crippen LogP contribution in [0, 0.1) is 0 Å². The van der Waals surface area contributed by atoms with Crippen molar-refractivity contribution in [2.45, 2.75) is 162 Å². The number of sulfone groups is 1. The highest BCUT2D eigenvalue weighted by Crippen LogP contribution is 2.31. The summed E-state index contributed by atoms with van der Waals surface area (Å²) >= 11 is 12.5. The molecule has 0 spiro atoms. The minimum absolute atomic E-state index is 0.120. The Labute approximate surface area is 307 Å². The Morgan fingerprint density at radius 1 is 0.449 bits per heavy atom. The predicted molar refractivity (Wildman–Crippen MR) is 202 cm³/mol. The lowest BCUT2D eigenvalue weighted by Gasteiger charge is -2.13. The number of halogens is 2. The number of nitrogens with one attached hydrogen (secondary N) is 2. The van der Waals surface area contributed by atoms with Crippen molar-refractivity contribution in [3.8, 4) is 0 Å². The lowest BCUT2D eigenvalue weighted by atomic mass is 10.1. The van der Waals surface area contributed by atoms with Crippen molar-refractivity contribution in [2.24, 2.45) is 0 Å². The molecule has 0 aliphatic rings. The largest absolute Gasteiger partial charge is 0.242 e. The van der Waals surface area contributed by atoms with Crippen LogP contribution in [0.3, 0.4) is 0 Å². The van der Waals surface area contributed by atoms with E-state index < -0.39 is 29.9 Å². The van der Waals surface area contributed by atoms with Crippen LogP contribution >= 0.6 is 23.2 Å². The van der Waals surface area contributed by atoms with E-state index in [1.54, 1.807) is 0 Å². The van der Waals surface area contributed by atoms with Gasteiger partial charge < -0.3 is 0 Å². The molecular weight excluding hydrogens is 724 g/mol. The Morgan fingerprint density at radius 2 is 0.735 bits per heavy atom. The fourth-order valence-electron chi connectivity index (χ4n) is 5.64. The molecule has 49 heavy (non-hydrogen) atoms. The molecule has 0 aliphatic carbocycles. The Bertz CT molecular complexity index is 1470. The molecule has 0 radical (unpaired) electrons. The Balaban J connectivity index is 1.97. The standard InChI is InChI=1S/C36H58Cl2N2O6S3/c1-3-5-7-9-11-13-15-17-19-21-27-39-48(43,44)35-29-31(23-25-33(35)37)47(41,42)32-24-26-34(38)36(30-32)49(45,46)40-28-22-20-18-16-14-12-10-8-6-4-2/h23-26,29-30,39-40H,3-22,27-28H2,1-2H3. The first-order chi connectivity index (χ1) is 23.4. The maximum Gasteiger partial charge on any atom is 0.242 e. The normalized spacial score (nSPS) is 12.5. The van der Waals surface area contributed by atoms with E-state index in [0.717, 1.165) is 50.7 Å². The van der Waals surface area contributed by atoms with E-state index in [2.05, 4.69) is 23.3 Å². The summed E-state index contributed by atoms with van der Waals surface area (Å²) in [6.07, 6.45) is 22.3. The second kappa shape index (κ2) is 23.4. The molecule has 0 aromatic heterocycles. The van der Waals surface area contributed by atoms with Gasteiger partial charge in [0.1, 0.15) is 9.79 Å². The number of sulfonamides is 2. The summed E-state index contributed by atoms with van der Waals surface area (Å²) in [7, 11) is -12.5. The fraction of sp³-hybridized carbons (Fsp3) is 0.667. The summed E-state index contributed by atoms with van der Waals surface area (Å²) in [5.74, 6) is 0. The molecule has 2 N–H and O–H groups in total. The zero-order valence-electron chi connectivity index (χ0n) is 29.5. The number of benzene rings is 2. The number of rotatable bonds is 28. The van der Waals surface area contributed by atoms with Crippen molar-refractivity contribution in [3.63, 3.8) is 0 Å². The fourth-order valence-corrected chi connectivity index (χ4v) is 10.3. The van der Waals surface area contributed by atoms with Crippen molar-refractivity contribution < 1.29 is 25.3 Å². The summed E-state index contributed by atoms with van der Waals surface area (Å²) in [5.41, 5.74) is 0. The van der Waals surface area contributed by atoms with E-state index in [1.165, 1.54) is 101 Å². The lowest BCUT2D eigenvalue weighted by Crippen LogP contribution is -2.25. The van der Waals surface area contributed by atoms with Gasteiger partial charge in [0, 0.05) is 13.1 Å². The maximum atomic E-state index is 13.6. The van der Waals surface area contributed by atoms with Crippen molar-refractivity contribution >= 4 is 53.1 Å². The van der Waals surface area contributed by atoms with Crippen LogP contribution in [0.5, 0.6) is 0 Å². The zero-order chi connectivity index (χ0) is 36.2. The van der Waals surface area contributed by atoms with E-state index >= 15 is 0 Å². The minimum atomic E-state index is -4.33. The smallest absolute Gasteiger partial charge is 0.219 e. The van der Waals surface area contributed by atoms with Gasteiger partial charge in [-0.2, -0.15) is 0 Å². The average molecular weight is 782 g/mol. The molecule has 0 saturated carbocycles. The highest BCUT2D eigenvalue weighted by Gasteiger charge is 2.27. The molecule has 2 aromatic carbocycles. The van der Waals surface area contributed by atoms with Gasteiger partial charge in [0.05, 0.1) is 19.8 Å². The topological polar surface area (TPSA) is 126 Å². The van der Waals surface area contributed by atoms with Crippen LogP contribution in [-0.4, -0.2) is 38.3 Å². The molecule has 280 valence electrons. The Hall–Kier alpha value is -1.21. The second-order valence-electron chi connectivity index (χ2n) is 12.8. The molecule has 13 heteroatoms. The Morgan fingerprint density at radius 3 is 1.04 bits per heavy atom. The van der Waals surface area contributed by atoms with Crippen LogP contribution in [0.15, 0.2) is 56.0 Å². The molecule has 2 rings (SSSR count). The van der Waals surface area contributed by atoms with E-state index in [4.69, 9.17) is 23.2 Å². The molecule has 0 atom stereocenters. The maximum absolute atomic E-state index is 13.6. The summed E-state index contributed by atoms with van der Waals surface area (Å²) in [4.78, 5) is -1.38. The number of hydrogen-bond acceptors (Lipinski definition) is 6. The summed E-state index contributed by atoms with van der Waals surface area (Å²) in [6, 6.07) is 6.84. The third kappa shape index (κ3) is 15.9. The van der Waals surface area contributed by atoms with Crippen molar-refractivity contribution in [2.75, 3.05) is 13.1 Å². The van der Waals surface area contributed by atoms with Crippen LogP contribution in [0.25, 0.3) is 0 Å². The van der Waals surface area contributed by atoms with E-state index in [-0.39, 0.29) is 42.7 Å². The van der Waals surface area contributed by atoms with Crippen molar-refractivity contribution in [3.05, 3.63) is 46.4 Å². The van der Waals surface area contributed by atoms with Crippen LogP contribution in [-0.2, 0) is 29.9 Å². The molecule has 0 unspecified atom stereocenters. The van der Waals surface area contributed by atoms with Gasteiger partial charge in [0.25, 0.3) is 0 Å². The zero-order valence-corrected chi connectivity index (χ0v) is 33.4. The molecular formula is C36H58Cl2N2O6S3. The van der Waals surface area contributed by atoms with Crippen LogP contribution < -0.4 is 9.44 Å². The first-order valence-electron chi connectivity index (χ1n) is 18.2. The van der Waals surface area contributed by atoms with Gasteiger partial charge in [0.15, 0.2) is 0 Å². The highest BCUT2D eigenvalue weighted by molar-refractivity contribution is 7.92. The first kappa shape index (κ1) is 44.0. The summed E-state index contributed by atoms with van der Waals surface area (Å²) in [5, 5.41) is -0.241. The Kier molecular flexibility index (Phi) is 21.0. The first-order valence-corrected chi connectivity index (χ1v) is 23.4. The molecule has 2 aromatic rings. The van der Waals surface area contributed by atoms with Gasteiger partial charge in [-0.1, -0.05) is 153 Å². The highest BCUT2D eigenvalue weighted by atomic mass is 35.5. The third-order valence-corrected chi connectivity index (χ3v) is 14.3. The van der Waals surface area contributed by atoms with Gasteiger partial charge in [-0.25, -0.2) is 34.7 Å². The van der Waals surface area contributed by atoms with Crippen LogP contribution in [0.4, 0.5) is 0 Å². The van der Waals surface area contributed by atoms with Gasteiger partial charge in [-0.15, -0.1) is 0 Å². The van der Waals surface area contributed by atoms with E-state index in [1.807, 2.05) is 0 Å².